The van der Waals surface area contributed by atoms with Crippen LogP contribution in [0.3, 0.4) is 0 Å². The fraction of sp³-hybridized carbons (Fsp3) is 0.0811. The van der Waals surface area contributed by atoms with Crippen molar-refractivity contribution in [3.8, 4) is 0 Å². The minimum atomic E-state index is -0.105. The Balaban J connectivity index is 1.73. The van der Waals surface area contributed by atoms with Crippen LogP contribution >= 0.6 is 0 Å². The predicted molar refractivity (Wildman–Crippen MR) is 159 cm³/mol. The number of hydrogen-bond donors (Lipinski definition) is 0. The maximum atomic E-state index is 14.4. The van der Waals surface area contributed by atoms with Crippen molar-refractivity contribution in [1.82, 2.24) is 4.98 Å². The lowest BCUT2D eigenvalue weighted by atomic mass is 9.65. The SMILES string of the molecule is Cc1cc(C2=C(C(c3ccccc3)c3ccccc3)C(=C(c3ccccc3)c3ccccc3)C2=O)cc(C)n1. The molecule has 1 aromatic heterocycles. The second kappa shape index (κ2) is 10.5. The van der Waals surface area contributed by atoms with E-state index < -0.39 is 0 Å². The molecule has 2 nitrogen and oxygen atoms in total. The normalized spacial score (nSPS) is 13.0. The Kier molecular flexibility index (Phi) is 6.61. The molecule has 5 aromatic rings. The zero-order chi connectivity index (χ0) is 26.8. The van der Waals surface area contributed by atoms with Crippen LogP contribution in [0, 0.1) is 13.8 Å². The molecule has 0 saturated heterocycles. The minimum absolute atomic E-state index is 0.0783. The van der Waals surface area contributed by atoms with Gasteiger partial charge in [-0.2, -0.15) is 0 Å². The van der Waals surface area contributed by atoms with Crippen molar-refractivity contribution in [2.75, 3.05) is 0 Å². The lowest BCUT2D eigenvalue weighted by molar-refractivity contribution is -0.111. The molecule has 1 heterocycles. The number of allylic oxidation sites excluding steroid dienone is 3. The van der Waals surface area contributed by atoms with Gasteiger partial charge in [-0.25, -0.2) is 0 Å². The number of hydrogen-bond acceptors (Lipinski definition) is 2. The summed E-state index contributed by atoms with van der Waals surface area (Å²) in [7, 11) is 0. The van der Waals surface area contributed by atoms with Crippen LogP contribution in [-0.4, -0.2) is 10.8 Å². The van der Waals surface area contributed by atoms with E-state index in [0.29, 0.717) is 0 Å². The minimum Gasteiger partial charge on any atom is -0.289 e. The summed E-state index contributed by atoms with van der Waals surface area (Å²) >= 11 is 0. The predicted octanol–water partition coefficient (Wildman–Crippen LogP) is 8.37. The summed E-state index contributed by atoms with van der Waals surface area (Å²) in [4.78, 5) is 19.0. The largest absolute Gasteiger partial charge is 0.289 e. The van der Waals surface area contributed by atoms with Crippen molar-refractivity contribution in [2.45, 2.75) is 19.8 Å². The summed E-state index contributed by atoms with van der Waals surface area (Å²) in [5.41, 5.74) is 10.7. The molecular formula is C37H29NO. The third-order valence-corrected chi connectivity index (χ3v) is 7.29. The average Bonchev–Trinajstić information content (AvgIpc) is 2.97. The zero-order valence-electron chi connectivity index (χ0n) is 22.1. The fourth-order valence-electron chi connectivity index (χ4n) is 5.72. The topological polar surface area (TPSA) is 30.0 Å². The number of aromatic nitrogens is 1. The van der Waals surface area contributed by atoms with Gasteiger partial charge in [0.1, 0.15) is 0 Å². The molecule has 2 heteroatoms. The van der Waals surface area contributed by atoms with E-state index in [0.717, 1.165) is 61.5 Å². The fourth-order valence-corrected chi connectivity index (χ4v) is 5.72. The molecule has 0 saturated carbocycles. The summed E-state index contributed by atoms with van der Waals surface area (Å²) in [6, 6.07) is 45.7. The van der Waals surface area contributed by atoms with Crippen LogP contribution in [0.15, 0.2) is 145 Å². The summed E-state index contributed by atoms with van der Waals surface area (Å²) in [5, 5.41) is 0. The number of pyridine rings is 1. The number of aryl methyl sites for hydroxylation is 2. The molecule has 0 atom stereocenters. The summed E-state index contributed by atoms with van der Waals surface area (Å²) < 4.78 is 0. The Morgan fingerprint density at radius 1 is 0.590 bits per heavy atom. The van der Waals surface area contributed by atoms with Gasteiger partial charge >= 0.3 is 0 Å². The second-order valence-corrected chi connectivity index (χ2v) is 9.99. The van der Waals surface area contributed by atoms with E-state index in [2.05, 4.69) is 77.8 Å². The molecule has 0 spiro atoms. The van der Waals surface area contributed by atoms with Crippen molar-refractivity contribution < 1.29 is 4.79 Å². The molecular weight excluding hydrogens is 474 g/mol. The molecule has 4 aromatic carbocycles. The first kappa shape index (κ1) is 24.5. The Morgan fingerprint density at radius 2 is 1.00 bits per heavy atom. The van der Waals surface area contributed by atoms with Gasteiger partial charge in [-0.05, 0) is 59.4 Å². The van der Waals surface area contributed by atoms with E-state index in [-0.39, 0.29) is 11.7 Å². The van der Waals surface area contributed by atoms with Crippen LogP contribution in [0.25, 0.3) is 11.1 Å². The van der Waals surface area contributed by atoms with Crippen LogP contribution in [0.4, 0.5) is 0 Å². The van der Waals surface area contributed by atoms with Gasteiger partial charge in [-0.1, -0.05) is 121 Å². The molecule has 0 aliphatic heterocycles. The molecule has 1 aliphatic rings. The highest BCUT2D eigenvalue weighted by Crippen LogP contribution is 2.51. The standard InChI is InChI=1S/C37H29NO/c1-25-23-31(24-26(2)38-25)34-35(32(27-15-7-3-8-16-27)28-17-9-4-10-18-28)36(37(34)39)33(29-19-11-5-12-20-29)30-21-13-6-14-22-30/h3-24,32H,1-2H3. The van der Waals surface area contributed by atoms with Gasteiger partial charge in [0, 0.05) is 34.0 Å². The zero-order valence-corrected chi connectivity index (χ0v) is 22.1. The highest BCUT2D eigenvalue weighted by atomic mass is 16.1. The third-order valence-electron chi connectivity index (χ3n) is 7.29. The van der Waals surface area contributed by atoms with Gasteiger partial charge in [0.15, 0.2) is 5.78 Å². The van der Waals surface area contributed by atoms with Gasteiger partial charge in [0.05, 0.1) is 0 Å². The second-order valence-electron chi connectivity index (χ2n) is 9.99. The van der Waals surface area contributed by atoms with E-state index >= 15 is 0 Å². The summed E-state index contributed by atoms with van der Waals surface area (Å²) in [6.45, 7) is 3.98. The highest BCUT2D eigenvalue weighted by molar-refractivity contribution is 6.42. The smallest absolute Gasteiger partial charge is 0.194 e. The first-order valence-electron chi connectivity index (χ1n) is 13.3. The van der Waals surface area contributed by atoms with Crippen LogP contribution < -0.4 is 0 Å². The van der Waals surface area contributed by atoms with Gasteiger partial charge < -0.3 is 0 Å². The maximum absolute atomic E-state index is 14.4. The average molecular weight is 504 g/mol. The van der Waals surface area contributed by atoms with Crippen LogP contribution in [0.1, 0.15) is 45.1 Å². The number of carbonyl (C=O) groups is 1. The molecule has 0 unspecified atom stereocenters. The van der Waals surface area contributed by atoms with Crippen molar-refractivity contribution in [2.24, 2.45) is 0 Å². The Morgan fingerprint density at radius 3 is 1.44 bits per heavy atom. The number of benzene rings is 4. The molecule has 0 amide bonds. The molecule has 6 rings (SSSR count). The molecule has 1 aliphatic carbocycles. The van der Waals surface area contributed by atoms with Gasteiger partial charge in [-0.3, -0.25) is 9.78 Å². The Labute approximate surface area is 230 Å². The van der Waals surface area contributed by atoms with Crippen LogP contribution in [0.2, 0.25) is 0 Å². The quantitative estimate of drug-likeness (QED) is 0.218. The van der Waals surface area contributed by atoms with Crippen molar-refractivity contribution in [3.05, 3.63) is 184 Å². The Hall–Kier alpha value is -4.82. The van der Waals surface area contributed by atoms with Crippen LogP contribution in [-0.2, 0) is 4.79 Å². The first-order chi connectivity index (χ1) is 19.1. The molecule has 0 N–H and O–H groups in total. The van der Waals surface area contributed by atoms with Crippen molar-refractivity contribution in [1.29, 1.82) is 0 Å². The third kappa shape index (κ3) is 4.66. The Bertz CT molecular complexity index is 1600. The van der Waals surface area contributed by atoms with Gasteiger partial charge in [0.25, 0.3) is 0 Å². The molecule has 39 heavy (non-hydrogen) atoms. The maximum Gasteiger partial charge on any atom is 0.194 e. The lowest BCUT2D eigenvalue weighted by Gasteiger charge is -2.35. The molecule has 0 radical (unpaired) electrons. The molecule has 0 bridgehead atoms. The monoisotopic (exact) mass is 503 g/mol. The highest BCUT2D eigenvalue weighted by Gasteiger charge is 2.42. The van der Waals surface area contributed by atoms with Gasteiger partial charge in [0.2, 0.25) is 0 Å². The van der Waals surface area contributed by atoms with E-state index in [1.54, 1.807) is 0 Å². The number of Topliss-reactive ketones (excluding diaryl/α,β-unsaturated/α-hetero) is 1. The van der Waals surface area contributed by atoms with Crippen LogP contribution in [0.5, 0.6) is 0 Å². The summed E-state index contributed by atoms with van der Waals surface area (Å²) in [6.07, 6.45) is 0. The lowest BCUT2D eigenvalue weighted by Crippen LogP contribution is -2.28. The number of rotatable bonds is 6. The summed E-state index contributed by atoms with van der Waals surface area (Å²) in [5.74, 6) is -0.0270. The van der Waals surface area contributed by atoms with E-state index in [9.17, 15) is 4.79 Å². The van der Waals surface area contributed by atoms with E-state index in [4.69, 9.17) is 0 Å². The number of carbonyl (C=O) groups excluding carboxylic acids is 1. The first-order valence-corrected chi connectivity index (χ1v) is 13.3. The van der Waals surface area contributed by atoms with E-state index in [1.165, 1.54) is 0 Å². The van der Waals surface area contributed by atoms with Gasteiger partial charge in [-0.15, -0.1) is 0 Å². The number of nitrogens with zero attached hydrogens (tertiary/aromatic N) is 1. The number of ketones is 1. The molecule has 0 fully saturated rings. The van der Waals surface area contributed by atoms with Crippen molar-refractivity contribution >= 4 is 16.9 Å². The van der Waals surface area contributed by atoms with E-state index in [1.807, 2.05) is 74.5 Å². The van der Waals surface area contributed by atoms with Crippen molar-refractivity contribution in [3.63, 3.8) is 0 Å². The molecule has 188 valence electrons.